The van der Waals surface area contributed by atoms with Crippen LogP contribution in [0.3, 0.4) is 0 Å². The number of carbonyl (C=O) groups excluding carboxylic acids is 1. The van der Waals surface area contributed by atoms with Gasteiger partial charge >= 0.3 is 0 Å². The number of fused-ring (bicyclic) bond motifs is 1. The molecule has 31 heavy (non-hydrogen) atoms. The number of benzene rings is 2. The van der Waals surface area contributed by atoms with Gasteiger partial charge in [-0.3, -0.25) is 14.9 Å². The lowest BCUT2D eigenvalue weighted by molar-refractivity contribution is -0.385. The molecule has 2 aliphatic heterocycles. The van der Waals surface area contributed by atoms with E-state index in [1.54, 1.807) is 23.1 Å². The first-order chi connectivity index (χ1) is 14.8. The lowest BCUT2D eigenvalue weighted by Crippen LogP contribution is -2.52. The lowest BCUT2D eigenvalue weighted by Gasteiger charge is -2.36. The summed E-state index contributed by atoms with van der Waals surface area (Å²) in [6, 6.07) is 10.3. The largest absolute Gasteiger partial charge is 0.492 e. The van der Waals surface area contributed by atoms with Crippen LogP contribution < -0.4 is 4.74 Å². The summed E-state index contributed by atoms with van der Waals surface area (Å²) in [6.45, 7) is 0.983. The second-order valence-corrected chi connectivity index (χ2v) is 9.82. The van der Waals surface area contributed by atoms with Gasteiger partial charge in [0, 0.05) is 43.3 Å². The molecule has 2 aromatic rings. The highest BCUT2D eigenvalue weighted by Gasteiger charge is 2.34. The van der Waals surface area contributed by atoms with Gasteiger partial charge in [0.25, 0.3) is 5.69 Å². The maximum absolute atomic E-state index is 13.0. The number of hydrogen-bond acceptors (Lipinski definition) is 6. The number of piperazine rings is 1. The molecule has 0 N–H and O–H groups in total. The highest BCUT2D eigenvalue weighted by Crippen LogP contribution is 2.31. The van der Waals surface area contributed by atoms with Gasteiger partial charge in [-0.25, -0.2) is 8.42 Å². The predicted molar refractivity (Wildman–Crippen MR) is 113 cm³/mol. The van der Waals surface area contributed by atoms with Gasteiger partial charge in [-0.1, -0.05) is 17.7 Å². The Bertz CT molecular complexity index is 1130. The Morgan fingerprint density at radius 1 is 1.13 bits per heavy atom. The minimum absolute atomic E-state index is 0.0852. The Morgan fingerprint density at radius 3 is 2.58 bits per heavy atom. The molecule has 0 radical (unpaired) electrons. The first-order valence-corrected chi connectivity index (χ1v) is 11.5. The molecule has 0 bridgehead atoms. The third-order valence-corrected chi connectivity index (χ3v) is 7.62. The zero-order chi connectivity index (χ0) is 22.2. The summed E-state index contributed by atoms with van der Waals surface area (Å²) in [5.41, 5.74) is 0.594. The minimum atomic E-state index is -3.89. The number of rotatable bonds is 4. The van der Waals surface area contributed by atoms with Gasteiger partial charge in [0.1, 0.15) is 12.4 Å². The van der Waals surface area contributed by atoms with Crippen LogP contribution in [0.15, 0.2) is 47.4 Å². The minimum Gasteiger partial charge on any atom is -0.492 e. The highest BCUT2D eigenvalue weighted by molar-refractivity contribution is 7.89. The third-order valence-electron chi connectivity index (χ3n) is 5.49. The van der Waals surface area contributed by atoms with Gasteiger partial charge in [0.2, 0.25) is 15.9 Å². The van der Waals surface area contributed by atoms with Crippen molar-refractivity contribution < 1.29 is 22.9 Å². The van der Waals surface area contributed by atoms with Crippen LogP contribution in [-0.2, 0) is 21.2 Å². The normalized spacial score (nSPS) is 19.4. The second kappa shape index (κ2) is 8.45. The Balaban J connectivity index is 1.41. The molecule has 4 rings (SSSR count). The molecule has 164 valence electrons. The Hall–Kier alpha value is -2.69. The van der Waals surface area contributed by atoms with Crippen LogP contribution in [0.1, 0.15) is 5.56 Å². The number of ether oxygens (including phenoxy) is 1. The van der Waals surface area contributed by atoms with Gasteiger partial charge < -0.3 is 9.64 Å². The van der Waals surface area contributed by atoms with Gasteiger partial charge in [-0.2, -0.15) is 4.31 Å². The highest BCUT2D eigenvalue weighted by atomic mass is 35.5. The monoisotopic (exact) mass is 465 g/mol. The van der Waals surface area contributed by atoms with Crippen molar-refractivity contribution >= 4 is 33.2 Å². The Morgan fingerprint density at radius 2 is 1.87 bits per heavy atom. The average molecular weight is 466 g/mol. The maximum Gasteiger partial charge on any atom is 0.270 e. The van der Waals surface area contributed by atoms with Crippen molar-refractivity contribution in [2.24, 2.45) is 5.92 Å². The van der Waals surface area contributed by atoms with E-state index in [1.165, 1.54) is 22.5 Å². The summed E-state index contributed by atoms with van der Waals surface area (Å²) < 4.78 is 32.7. The molecule has 9 nitrogen and oxygen atoms in total. The van der Waals surface area contributed by atoms with Crippen LogP contribution in [0.2, 0.25) is 5.02 Å². The molecule has 0 saturated carbocycles. The Kier molecular flexibility index (Phi) is 5.87. The van der Waals surface area contributed by atoms with Crippen LogP contribution in [0.25, 0.3) is 0 Å². The van der Waals surface area contributed by atoms with E-state index in [0.717, 1.165) is 17.4 Å². The SMILES string of the molecule is O=C([C@@H]1COc2ccc(Cl)cc2C1)N1CCN(S(=O)(=O)c2cccc([N+](=O)[O-])c2)CC1. The molecular weight excluding hydrogens is 446 g/mol. The predicted octanol–water partition coefficient (Wildman–Crippen LogP) is 2.33. The number of hydrogen-bond donors (Lipinski definition) is 0. The van der Waals surface area contributed by atoms with Gasteiger partial charge in [0.05, 0.1) is 15.7 Å². The fraction of sp³-hybridized carbons (Fsp3) is 0.350. The van der Waals surface area contributed by atoms with Crippen molar-refractivity contribution in [2.45, 2.75) is 11.3 Å². The van der Waals surface area contributed by atoms with E-state index in [0.29, 0.717) is 11.4 Å². The van der Waals surface area contributed by atoms with Gasteiger partial charge in [-0.05, 0) is 36.2 Å². The fourth-order valence-corrected chi connectivity index (χ4v) is 5.49. The first kappa shape index (κ1) is 21.5. The molecule has 1 saturated heterocycles. The first-order valence-electron chi connectivity index (χ1n) is 9.70. The average Bonchev–Trinajstić information content (AvgIpc) is 2.78. The molecule has 1 amide bonds. The molecular formula is C20H20ClN3O6S. The molecule has 1 atom stereocenters. The number of amides is 1. The van der Waals surface area contributed by atoms with Gasteiger partial charge in [-0.15, -0.1) is 0 Å². The van der Waals surface area contributed by atoms with Crippen molar-refractivity contribution in [1.82, 2.24) is 9.21 Å². The van der Waals surface area contributed by atoms with E-state index in [1.807, 2.05) is 0 Å². The molecule has 2 aromatic carbocycles. The molecule has 0 aromatic heterocycles. The van der Waals surface area contributed by atoms with E-state index >= 15 is 0 Å². The zero-order valence-corrected chi connectivity index (χ0v) is 18.0. The topological polar surface area (TPSA) is 110 Å². The maximum atomic E-state index is 13.0. The standard InChI is InChI=1S/C20H20ClN3O6S/c21-16-4-5-19-14(11-16)10-15(13-30-19)20(25)22-6-8-23(9-7-22)31(28,29)18-3-1-2-17(12-18)24(26)27/h1-5,11-12,15H,6-10,13H2/t15-/m0/s1. The molecule has 1 fully saturated rings. The number of nitro benzene ring substituents is 1. The molecule has 0 aliphatic carbocycles. The summed E-state index contributed by atoms with van der Waals surface area (Å²) in [7, 11) is -3.89. The summed E-state index contributed by atoms with van der Waals surface area (Å²) >= 11 is 6.04. The van der Waals surface area contributed by atoms with Gasteiger partial charge in [0.15, 0.2) is 0 Å². The molecule has 0 spiro atoms. The summed E-state index contributed by atoms with van der Waals surface area (Å²) in [6.07, 6.45) is 0.515. The van der Waals surface area contributed by atoms with E-state index in [-0.39, 0.29) is 55.2 Å². The van der Waals surface area contributed by atoms with Crippen LogP contribution in [0, 0.1) is 16.0 Å². The van der Waals surface area contributed by atoms with Crippen LogP contribution in [-0.4, -0.2) is 61.2 Å². The van der Waals surface area contributed by atoms with Crippen LogP contribution in [0.5, 0.6) is 5.75 Å². The number of nitro groups is 1. The van der Waals surface area contributed by atoms with Crippen molar-refractivity contribution in [3.8, 4) is 5.75 Å². The molecule has 0 unspecified atom stereocenters. The van der Waals surface area contributed by atoms with Crippen molar-refractivity contribution in [3.05, 3.63) is 63.2 Å². The van der Waals surface area contributed by atoms with Crippen molar-refractivity contribution in [2.75, 3.05) is 32.8 Å². The van der Waals surface area contributed by atoms with E-state index < -0.39 is 14.9 Å². The number of carbonyl (C=O) groups is 1. The summed E-state index contributed by atoms with van der Waals surface area (Å²) in [4.78, 5) is 24.8. The third kappa shape index (κ3) is 4.36. The molecule has 11 heteroatoms. The number of nitrogens with zero attached hydrogens (tertiary/aromatic N) is 3. The van der Waals surface area contributed by atoms with Crippen molar-refractivity contribution in [1.29, 1.82) is 0 Å². The van der Waals surface area contributed by atoms with Crippen LogP contribution in [0.4, 0.5) is 5.69 Å². The van der Waals surface area contributed by atoms with E-state index in [4.69, 9.17) is 16.3 Å². The summed E-state index contributed by atoms with van der Waals surface area (Å²) in [5, 5.41) is 11.5. The number of halogens is 1. The quantitative estimate of drug-likeness (QED) is 0.506. The lowest BCUT2D eigenvalue weighted by atomic mass is 9.95. The number of sulfonamides is 1. The van der Waals surface area contributed by atoms with Crippen molar-refractivity contribution in [3.63, 3.8) is 0 Å². The molecule has 2 aliphatic rings. The zero-order valence-electron chi connectivity index (χ0n) is 16.4. The second-order valence-electron chi connectivity index (χ2n) is 7.45. The Labute approximate surface area is 184 Å². The molecule has 2 heterocycles. The van der Waals surface area contributed by atoms with E-state index in [2.05, 4.69) is 0 Å². The smallest absolute Gasteiger partial charge is 0.270 e. The van der Waals surface area contributed by atoms with E-state index in [9.17, 15) is 23.3 Å². The van der Waals surface area contributed by atoms with Crippen LogP contribution >= 0.6 is 11.6 Å². The number of non-ortho nitro benzene ring substituents is 1. The fourth-order valence-electron chi connectivity index (χ4n) is 3.84. The summed E-state index contributed by atoms with van der Waals surface area (Å²) in [5.74, 6) is 0.283.